The molecule has 0 bridgehead atoms. The smallest absolute Gasteiger partial charge is 0.220 e. The van der Waals surface area contributed by atoms with Gasteiger partial charge in [-0.25, -0.2) is 0 Å². The number of likely N-dealkylation sites (tertiary alicyclic amines) is 1. The highest BCUT2D eigenvalue weighted by Gasteiger charge is 2.17. The van der Waals surface area contributed by atoms with E-state index in [1.807, 2.05) is 13.8 Å². The summed E-state index contributed by atoms with van der Waals surface area (Å²) in [5.41, 5.74) is 5.60. The number of nitrogens with two attached hydrogens (primary N) is 1. The Hall–Kier alpha value is -0.610. The maximum absolute atomic E-state index is 11.7. The molecule has 100 valence electrons. The molecule has 1 fully saturated rings. The van der Waals surface area contributed by atoms with Gasteiger partial charge in [0.25, 0.3) is 0 Å². The van der Waals surface area contributed by atoms with Crippen molar-refractivity contribution in [3.05, 3.63) is 0 Å². The second-order valence-corrected chi connectivity index (χ2v) is 5.96. The molecule has 0 saturated carbocycles. The van der Waals surface area contributed by atoms with Crippen LogP contribution in [0.25, 0.3) is 0 Å². The van der Waals surface area contributed by atoms with Gasteiger partial charge in [0.05, 0.1) is 0 Å². The first-order valence-electron chi connectivity index (χ1n) is 6.67. The molecular weight excluding hydrogens is 214 g/mol. The number of hydrogen-bond acceptors (Lipinski definition) is 3. The van der Waals surface area contributed by atoms with Gasteiger partial charge in [0, 0.05) is 24.5 Å². The largest absolute Gasteiger partial charge is 0.352 e. The number of carbonyl (C=O) groups excluding carboxylic acids is 1. The average molecular weight is 241 g/mol. The molecule has 3 N–H and O–H groups in total. The molecule has 0 aromatic rings. The van der Waals surface area contributed by atoms with Crippen LogP contribution in [0.1, 0.15) is 46.5 Å². The van der Waals surface area contributed by atoms with E-state index in [-0.39, 0.29) is 17.5 Å². The van der Waals surface area contributed by atoms with Crippen LogP contribution in [0.3, 0.4) is 0 Å². The molecule has 4 nitrogen and oxygen atoms in total. The first-order valence-corrected chi connectivity index (χ1v) is 6.67. The van der Waals surface area contributed by atoms with Crippen molar-refractivity contribution >= 4 is 5.91 Å². The van der Waals surface area contributed by atoms with Crippen LogP contribution >= 0.6 is 0 Å². The van der Waals surface area contributed by atoms with Crippen LogP contribution in [0.2, 0.25) is 0 Å². The van der Waals surface area contributed by atoms with Crippen LogP contribution in [-0.2, 0) is 4.79 Å². The topological polar surface area (TPSA) is 58.4 Å². The minimum Gasteiger partial charge on any atom is -0.352 e. The second kappa shape index (κ2) is 6.36. The normalized spacial score (nSPS) is 19.3. The fourth-order valence-corrected chi connectivity index (χ4v) is 2.18. The summed E-state index contributed by atoms with van der Waals surface area (Å²) in [4.78, 5) is 14.1. The van der Waals surface area contributed by atoms with Gasteiger partial charge >= 0.3 is 0 Å². The Kier molecular flexibility index (Phi) is 5.40. The lowest BCUT2D eigenvalue weighted by Gasteiger charge is -2.22. The van der Waals surface area contributed by atoms with Gasteiger partial charge in [0.2, 0.25) is 5.91 Å². The molecule has 17 heavy (non-hydrogen) atoms. The van der Waals surface area contributed by atoms with E-state index in [1.165, 1.54) is 25.9 Å². The van der Waals surface area contributed by atoms with Crippen molar-refractivity contribution in [2.75, 3.05) is 19.6 Å². The maximum Gasteiger partial charge on any atom is 0.220 e. The van der Waals surface area contributed by atoms with E-state index in [9.17, 15) is 4.79 Å². The lowest BCUT2D eigenvalue weighted by Crippen LogP contribution is -2.42. The van der Waals surface area contributed by atoms with E-state index in [2.05, 4.69) is 17.1 Å². The predicted molar refractivity (Wildman–Crippen MR) is 70.8 cm³/mol. The Labute approximate surface area is 105 Å². The average Bonchev–Trinajstić information content (AvgIpc) is 2.66. The summed E-state index contributed by atoms with van der Waals surface area (Å²) >= 11 is 0. The van der Waals surface area contributed by atoms with Crippen molar-refractivity contribution in [1.29, 1.82) is 0 Å². The van der Waals surface area contributed by atoms with Crippen LogP contribution in [0.15, 0.2) is 0 Å². The Balaban J connectivity index is 2.16. The summed E-state index contributed by atoms with van der Waals surface area (Å²) in [7, 11) is 0. The summed E-state index contributed by atoms with van der Waals surface area (Å²) in [6.45, 7) is 9.30. The third kappa shape index (κ3) is 6.64. The van der Waals surface area contributed by atoms with E-state index < -0.39 is 0 Å². The van der Waals surface area contributed by atoms with Gasteiger partial charge in [0.1, 0.15) is 0 Å². The zero-order valence-corrected chi connectivity index (χ0v) is 11.5. The zero-order chi connectivity index (χ0) is 12.9. The first-order chi connectivity index (χ1) is 7.87. The Bertz CT molecular complexity index is 242. The summed E-state index contributed by atoms with van der Waals surface area (Å²) < 4.78 is 0. The highest BCUT2D eigenvalue weighted by molar-refractivity contribution is 5.76. The van der Waals surface area contributed by atoms with Crippen LogP contribution < -0.4 is 11.1 Å². The molecule has 1 amide bonds. The van der Waals surface area contributed by atoms with Gasteiger partial charge in [-0.05, 0) is 53.1 Å². The van der Waals surface area contributed by atoms with Crippen molar-refractivity contribution in [3.8, 4) is 0 Å². The molecule has 0 spiro atoms. The molecule has 1 aliphatic heterocycles. The summed E-state index contributed by atoms with van der Waals surface area (Å²) in [5, 5.41) is 3.04. The van der Waals surface area contributed by atoms with Crippen molar-refractivity contribution in [3.63, 3.8) is 0 Å². The molecule has 0 aromatic heterocycles. The Morgan fingerprint density at radius 1 is 1.41 bits per heavy atom. The minimum atomic E-state index is -0.254. The molecule has 1 atom stereocenters. The Morgan fingerprint density at radius 3 is 2.53 bits per heavy atom. The molecule has 4 heteroatoms. The number of amides is 1. The fourth-order valence-electron chi connectivity index (χ4n) is 2.18. The molecule has 1 aliphatic rings. The van der Waals surface area contributed by atoms with E-state index >= 15 is 0 Å². The van der Waals surface area contributed by atoms with E-state index in [0.29, 0.717) is 6.42 Å². The Morgan fingerprint density at radius 2 is 2.00 bits per heavy atom. The highest BCUT2D eigenvalue weighted by Crippen LogP contribution is 2.09. The highest BCUT2D eigenvalue weighted by atomic mass is 16.1. The van der Waals surface area contributed by atoms with Gasteiger partial charge in [-0.1, -0.05) is 0 Å². The molecule has 1 saturated heterocycles. The second-order valence-electron chi connectivity index (χ2n) is 5.96. The molecule has 0 aromatic carbocycles. The van der Waals surface area contributed by atoms with Crippen molar-refractivity contribution < 1.29 is 4.79 Å². The van der Waals surface area contributed by atoms with Crippen LogP contribution in [0.4, 0.5) is 0 Å². The van der Waals surface area contributed by atoms with Crippen LogP contribution in [-0.4, -0.2) is 42.0 Å². The van der Waals surface area contributed by atoms with Crippen LogP contribution in [0.5, 0.6) is 0 Å². The number of nitrogens with one attached hydrogen (secondary N) is 1. The van der Waals surface area contributed by atoms with E-state index in [1.54, 1.807) is 0 Å². The maximum atomic E-state index is 11.7. The molecule has 1 heterocycles. The van der Waals surface area contributed by atoms with Gasteiger partial charge in [-0.2, -0.15) is 0 Å². The number of hydrogen-bond donors (Lipinski definition) is 2. The standard InChI is InChI=1S/C13H27N3O/c1-11(10-16-8-4-5-9-16)15-12(17)6-7-13(2,3)14/h11H,4-10,14H2,1-3H3,(H,15,17). The van der Waals surface area contributed by atoms with Gasteiger partial charge < -0.3 is 16.0 Å². The zero-order valence-electron chi connectivity index (χ0n) is 11.5. The van der Waals surface area contributed by atoms with Crippen molar-refractivity contribution in [2.45, 2.75) is 58.0 Å². The van der Waals surface area contributed by atoms with Gasteiger partial charge in [-0.15, -0.1) is 0 Å². The van der Waals surface area contributed by atoms with E-state index in [4.69, 9.17) is 5.73 Å². The molecule has 0 radical (unpaired) electrons. The molecular formula is C13H27N3O. The lowest BCUT2D eigenvalue weighted by molar-refractivity contribution is -0.122. The van der Waals surface area contributed by atoms with Crippen LogP contribution in [0, 0.1) is 0 Å². The third-order valence-electron chi connectivity index (χ3n) is 3.13. The van der Waals surface area contributed by atoms with Gasteiger partial charge in [-0.3, -0.25) is 4.79 Å². The van der Waals surface area contributed by atoms with Gasteiger partial charge in [0.15, 0.2) is 0 Å². The summed E-state index contributed by atoms with van der Waals surface area (Å²) in [6.07, 6.45) is 3.84. The summed E-state index contributed by atoms with van der Waals surface area (Å²) in [6, 6.07) is 0.237. The lowest BCUT2D eigenvalue weighted by atomic mass is 10.00. The molecule has 1 rings (SSSR count). The van der Waals surface area contributed by atoms with Crippen molar-refractivity contribution in [2.24, 2.45) is 5.73 Å². The monoisotopic (exact) mass is 241 g/mol. The number of nitrogens with zero attached hydrogens (tertiary/aromatic N) is 1. The van der Waals surface area contributed by atoms with E-state index in [0.717, 1.165) is 13.0 Å². The minimum absolute atomic E-state index is 0.121. The summed E-state index contributed by atoms with van der Waals surface area (Å²) in [5.74, 6) is 0.121. The number of rotatable bonds is 6. The third-order valence-corrected chi connectivity index (χ3v) is 3.13. The first kappa shape index (κ1) is 14.5. The number of carbonyl (C=O) groups is 1. The SMILES string of the molecule is CC(CN1CCCC1)NC(=O)CCC(C)(C)N. The molecule has 0 aliphatic carbocycles. The quantitative estimate of drug-likeness (QED) is 0.732. The molecule has 1 unspecified atom stereocenters. The predicted octanol–water partition coefficient (Wildman–Crippen LogP) is 1.10. The fraction of sp³-hybridized carbons (Fsp3) is 0.923. The van der Waals surface area contributed by atoms with Crippen molar-refractivity contribution in [1.82, 2.24) is 10.2 Å².